The minimum atomic E-state index is -0.469. The molecule has 0 radical (unpaired) electrons. The van der Waals surface area contributed by atoms with Crippen LogP contribution >= 0.6 is 0 Å². The Morgan fingerprint density at radius 3 is 3.00 bits per heavy atom. The molecule has 1 N–H and O–H groups in total. The number of hydrogen-bond acceptors (Lipinski definition) is 6. The maximum Gasteiger partial charge on any atom is 0.345 e. The summed E-state index contributed by atoms with van der Waals surface area (Å²) < 4.78 is 15.2. The normalized spacial score (nSPS) is 10.3. The Balaban J connectivity index is 2.04. The van der Waals surface area contributed by atoms with Crippen LogP contribution in [-0.2, 0) is 11.3 Å². The van der Waals surface area contributed by atoms with Gasteiger partial charge in [0.1, 0.15) is 17.9 Å². The summed E-state index contributed by atoms with van der Waals surface area (Å²) in [6, 6.07) is 0. The van der Waals surface area contributed by atoms with Crippen molar-refractivity contribution in [3.8, 4) is 5.88 Å². The van der Waals surface area contributed by atoms with E-state index in [1.54, 1.807) is 20.0 Å². The van der Waals surface area contributed by atoms with E-state index in [9.17, 15) is 4.79 Å². The number of nitrogens with one attached hydrogen (secondary N) is 1. The first kappa shape index (κ1) is 12.2. The van der Waals surface area contributed by atoms with Crippen LogP contribution in [-0.4, -0.2) is 27.9 Å². The van der Waals surface area contributed by atoms with E-state index < -0.39 is 5.97 Å². The van der Waals surface area contributed by atoms with Gasteiger partial charge < -0.3 is 14.0 Å². The Hall–Kier alpha value is -2.31. The number of H-pyrrole nitrogens is 1. The molecule has 0 aliphatic carbocycles. The number of aryl methyl sites for hydroxylation is 1. The average molecular weight is 251 g/mol. The van der Waals surface area contributed by atoms with Crippen molar-refractivity contribution in [3.63, 3.8) is 0 Å². The predicted octanol–water partition coefficient (Wildman–Crippen LogP) is 1.46. The number of carbonyl (C=O) groups is 1. The molecule has 0 saturated heterocycles. The first-order valence-corrected chi connectivity index (χ1v) is 5.45. The van der Waals surface area contributed by atoms with Gasteiger partial charge in [-0.1, -0.05) is 5.16 Å². The summed E-state index contributed by atoms with van der Waals surface area (Å²) in [6.07, 6.45) is 2.93. The summed E-state index contributed by atoms with van der Waals surface area (Å²) in [6.45, 7) is 4.06. The molecule has 0 aromatic carbocycles. The van der Waals surface area contributed by atoms with Gasteiger partial charge in [-0.15, -0.1) is 0 Å². The lowest BCUT2D eigenvalue weighted by Crippen LogP contribution is -2.06. The average Bonchev–Trinajstić information content (AvgIpc) is 2.95. The van der Waals surface area contributed by atoms with Gasteiger partial charge in [0, 0.05) is 0 Å². The zero-order valence-electron chi connectivity index (χ0n) is 10.1. The van der Waals surface area contributed by atoms with E-state index in [1.165, 1.54) is 6.20 Å². The predicted molar refractivity (Wildman–Crippen MR) is 60.1 cm³/mol. The third-order valence-corrected chi connectivity index (χ3v) is 2.32. The number of esters is 1. The van der Waals surface area contributed by atoms with Crippen molar-refractivity contribution < 1.29 is 18.8 Å². The number of ether oxygens (including phenoxy) is 2. The summed E-state index contributed by atoms with van der Waals surface area (Å²) in [5, 5.41) is 10.00. The Labute approximate surface area is 103 Å². The second kappa shape index (κ2) is 5.35. The molecule has 0 spiro atoms. The first-order valence-electron chi connectivity index (χ1n) is 5.45. The van der Waals surface area contributed by atoms with Crippen LogP contribution in [0, 0.1) is 6.92 Å². The molecule has 0 aliphatic heterocycles. The highest BCUT2D eigenvalue weighted by Crippen LogP contribution is 2.17. The number of nitrogens with zero attached hydrogens (tertiary/aromatic N) is 2. The summed E-state index contributed by atoms with van der Waals surface area (Å²) in [5.74, 6) is 0.476. The topological polar surface area (TPSA) is 90.2 Å². The SMILES string of the molecule is CCOC(=O)c1cn[nH]c1OCc1cnoc1C. The Morgan fingerprint density at radius 1 is 1.50 bits per heavy atom. The molecule has 0 bridgehead atoms. The zero-order valence-corrected chi connectivity index (χ0v) is 10.1. The van der Waals surface area contributed by atoms with E-state index in [-0.39, 0.29) is 18.1 Å². The van der Waals surface area contributed by atoms with E-state index in [0.29, 0.717) is 12.4 Å². The smallest absolute Gasteiger partial charge is 0.345 e. The van der Waals surface area contributed by atoms with Crippen molar-refractivity contribution in [1.29, 1.82) is 0 Å². The van der Waals surface area contributed by atoms with Crippen molar-refractivity contribution in [1.82, 2.24) is 15.4 Å². The van der Waals surface area contributed by atoms with Gasteiger partial charge in [0.15, 0.2) is 0 Å². The van der Waals surface area contributed by atoms with E-state index in [1.807, 2.05) is 0 Å². The van der Waals surface area contributed by atoms with Gasteiger partial charge in [0.05, 0.1) is 24.6 Å². The van der Waals surface area contributed by atoms with Gasteiger partial charge in [-0.2, -0.15) is 5.10 Å². The van der Waals surface area contributed by atoms with E-state index in [2.05, 4.69) is 15.4 Å². The lowest BCUT2D eigenvalue weighted by molar-refractivity contribution is 0.0521. The summed E-state index contributed by atoms with van der Waals surface area (Å²) >= 11 is 0. The third-order valence-electron chi connectivity index (χ3n) is 2.32. The molecule has 0 aliphatic rings. The van der Waals surface area contributed by atoms with Crippen molar-refractivity contribution in [2.45, 2.75) is 20.5 Å². The van der Waals surface area contributed by atoms with Crippen LogP contribution in [0.1, 0.15) is 28.6 Å². The first-order chi connectivity index (χ1) is 8.72. The Morgan fingerprint density at radius 2 is 2.33 bits per heavy atom. The molecule has 0 amide bonds. The summed E-state index contributed by atoms with van der Waals surface area (Å²) in [5.41, 5.74) is 1.07. The van der Waals surface area contributed by atoms with E-state index >= 15 is 0 Å². The third kappa shape index (κ3) is 2.50. The van der Waals surface area contributed by atoms with Crippen molar-refractivity contribution in [2.24, 2.45) is 0 Å². The number of carbonyl (C=O) groups excluding carboxylic acids is 1. The molecule has 7 nitrogen and oxygen atoms in total. The zero-order chi connectivity index (χ0) is 13.0. The summed E-state index contributed by atoms with van der Waals surface area (Å²) in [7, 11) is 0. The largest absolute Gasteiger partial charge is 0.472 e. The highest BCUT2D eigenvalue weighted by Gasteiger charge is 2.16. The molecule has 0 fully saturated rings. The molecule has 0 atom stereocenters. The lowest BCUT2D eigenvalue weighted by Gasteiger charge is -2.04. The van der Waals surface area contributed by atoms with Crippen LogP contribution in [0.15, 0.2) is 16.9 Å². The van der Waals surface area contributed by atoms with Crippen molar-refractivity contribution in [2.75, 3.05) is 6.61 Å². The number of rotatable bonds is 5. The van der Waals surface area contributed by atoms with Gasteiger partial charge in [-0.05, 0) is 13.8 Å². The molecule has 96 valence electrons. The van der Waals surface area contributed by atoms with E-state index in [4.69, 9.17) is 14.0 Å². The standard InChI is InChI=1S/C11H13N3O4/c1-3-16-11(15)9-5-12-14-10(9)17-6-8-4-13-18-7(8)2/h4-5H,3,6H2,1-2H3,(H,12,14). The van der Waals surface area contributed by atoms with Crippen molar-refractivity contribution in [3.05, 3.63) is 29.3 Å². The fourth-order valence-corrected chi connectivity index (χ4v) is 1.35. The van der Waals surface area contributed by atoms with Crippen LogP contribution in [0.3, 0.4) is 0 Å². The maximum absolute atomic E-state index is 11.6. The molecular formula is C11H13N3O4. The highest BCUT2D eigenvalue weighted by atomic mass is 16.5. The van der Waals surface area contributed by atoms with E-state index in [0.717, 1.165) is 5.56 Å². The quantitative estimate of drug-likeness (QED) is 0.809. The molecule has 0 unspecified atom stereocenters. The molecule has 7 heteroatoms. The lowest BCUT2D eigenvalue weighted by atomic mass is 10.3. The minimum absolute atomic E-state index is 0.240. The highest BCUT2D eigenvalue weighted by molar-refractivity contribution is 5.91. The minimum Gasteiger partial charge on any atom is -0.472 e. The molecular weight excluding hydrogens is 238 g/mol. The van der Waals surface area contributed by atoms with Crippen LogP contribution in [0.2, 0.25) is 0 Å². The van der Waals surface area contributed by atoms with Gasteiger partial charge in [-0.3, -0.25) is 0 Å². The number of aromatic nitrogens is 3. The Bertz CT molecular complexity index is 532. The van der Waals surface area contributed by atoms with Crippen LogP contribution < -0.4 is 4.74 Å². The van der Waals surface area contributed by atoms with Gasteiger partial charge in [0.25, 0.3) is 0 Å². The van der Waals surface area contributed by atoms with Gasteiger partial charge in [-0.25, -0.2) is 9.89 Å². The Kier molecular flexibility index (Phi) is 3.61. The van der Waals surface area contributed by atoms with Crippen LogP contribution in [0.25, 0.3) is 0 Å². The fraction of sp³-hybridized carbons (Fsp3) is 0.364. The second-order valence-electron chi connectivity index (χ2n) is 3.53. The summed E-state index contributed by atoms with van der Waals surface area (Å²) in [4.78, 5) is 11.6. The van der Waals surface area contributed by atoms with Gasteiger partial charge in [0.2, 0.25) is 5.88 Å². The second-order valence-corrected chi connectivity index (χ2v) is 3.53. The van der Waals surface area contributed by atoms with Crippen LogP contribution in [0.5, 0.6) is 5.88 Å². The molecule has 2 aromatic heterocycles. The fourth-order valence-electron chi connectivity index (χ4n) is 1.35. The van der Waals surface area contributed by atoms with Crippen molar-refractivity contribution >= 4 is 5.97 Å². The molecule has 2 heterocycles. The monoisotopic (exact) mass is 251 g/mol. The molecule has 18 heavy (non-hydrogen) atoms. The number of hydrogen-bond donors (Lipinski definition) is 1. The molecule has 2 rings (SSSR count). The molecule has 2 aromatic rings. The maximum atomic E-state index is 11.6. The number of aromatic amines is 1. The van der Waals surface area contributed by atoms with Gasteiger partial charge >= 0.3 is 5.97 Å². The molecule has 0 saturated carbocycles. The van der Waals surface area contributed by atoms with Crippen LogP contribution in [0.4, 0.5) is 0 Å².